The van der Waals surface area contributed by atoms with Gasteiger partial charge in [-0.2, -0.15) is 0 Å². The molecule has 0 N–H and O–H groups in total. The van der Waals surface area contributed by atoms with Crippen LogP contribution in [0.3, 0.4) is 0 Å². The minimum Gasteiger partial charge on any atom is -0.493 e. The van der Waals surface area contributed by atoms with Gasteiger partial charge in [-0.25, -0.2) is 0 Å². The van der Waals surface area contributed by atoms with Crippen LogP contribution in [0.2, 0.25) is 0 Å². The van der Waals surface area contributed by atoms with E-state index in [0.29, 0.717) is 6.61 Å². The van der Waals surface area contributed by atoms with E-state index >= 15 is 0 Å². The number of benzene rings is 3. The minimum absolute atomic E-state index is 0.0871. The van der Waals surface area contributed by atoms with Gasteiger partial charge in [0.15, 0.2) is 0 Å². The third-order valence-electron chi connectivity index (χ3n) is 7.17. The molecule has 6 nitrogen and oxygen atoms in total. The van der Waals surface area contributed by atoms with Gasteiger partial charge in [0.1, 0.15) is 5.75 Å². The summed E-state index contributed by atoms with van der Waals surface area (Å²) in [6, 6.07) is 17.6. The average molecular weight is 486 g/mol. The molecule has 1 heterocycles. The molecule has 0 saturated carbocycles. The highest BCUT2D eigenvalue weighted by Gasteiger charge is 2.22. The summed E-state index contributed by atoms with van der Waals surface area (Å²) in [6.07, 6.45) is 0. The zero-order valence-electron chi connectivity index (χ0n) is 22.1. The number of nitro benzene ring substituents is 1. The zero-order valence-corrected chi connectivity index (χ0v) is 22.1. The SMILES string of the molecule is CCOc1cc(N(CC)CC)ccc1-c1c(-c2ccc([N+](=O)[O-])cc2)ccc2c1c(C)c(C)n2CC. The van der Waals surface area contributed by atoms with E-state index in [0.717, 1.165) is 53.3 Å². The summed E-state index contributed by atoms with van der Waals surface area (Å²) in [5.74, 6) is 0.846. The van der Waals surface area contributed by atoms with Crippen LogP contribution in [-0.4, -0.2) is 29.2 Å². The molecule has 4 rings (SSSR count). The van der Waals surface area contributed by atoms with E-state index in [9.17, 15) is 10.1 Å². The van der Waals surface area contributed by atoms with Crippen molar-refractivity contribution in [2.45, 2.75) is 48.1 Å². The fourth-order valence-corrected chi connectivity index (χ4v) is 5.23. The fraction of sp³-hybridized carbons (Fsp3) is 0.333. The normalized spacial score (nSPS) is 11.2. The molecule has 0 atom stereocenters. The number of fused-ring (bicyclic) bond motifs is 1. The summed E-state index contributed by atoms with van der Waals surface area (Å²) in [5, 5.41) is 12.5. The first kappa shape index (κ1) is 25.3. The number of aryl methyl sites for hydroxylation is 2. The molecular formula is C30H35N3O3. The van der Waals surface area contributed by atoms with Crippen molar-refractivity contribution in [2.75, 3.05) is 24.6 Å². The molecule has 0 aliphatic carbocycles. The summed E-state index contributed by atoms with van der Waals surface area (Å²) in [7, 11) is 0. The van der Waals surface area contributed by atoms with Crippen molar-refractivity contribution < 1.29 is 9.66 Å². The standard InChI is InChI=1S/C30H35N3O3/c1-7-31(8-2)24-15-16-26(28(19-24)36-10-4)30-25(22-11-13-23(14-12-22)33(34)35)17-18-27-29(30)20(5)21(6)32(27)9-3/h11-19H,7-10H2,1-6H3. The Hall–Kier alpha value is -3.80. The van der Waals surface area contributed by atoms with E-state index in [4.69, 9.17) is 4.74 Å². The van der Waals surface area contributed by atoms with Crippen LogP contribution in [0.5, 0.6) is 5.75 Å². The molecule has 4 aromatic rings. The second-order valence-corrected chi connectivity index (χ2v) is 8.93. The Morgan fingerprint density at radius 1 is 0.917 bits per heavy atom. The summed E-state index contributed by atoms with van der Waals surface area (Å²) >= 11 is 0. The molecule has 0 fully saturated rings. The Morgan fingerprint density at radius 3 is 2.17 bits per heavy atom. The molecule has 0 aliphatic rings. The van der Waals surface area contributed by atoms with Crippen molar-refractivity contribution >= 4 is 22.3 Å². The lowest BCUT2D eigenvalue weighted by atomic mass is 9.89. The number of hydrogen-bond acceptors (Lipinski definition) is 4. The quantitative estimate of drug-likeness (QED) is 0.179. The molecule has 1 aromatic heterocycles. The first-order valence-corrected chi connectivity index (χ1v) is 12.7. The van der Waals surface area contributed by atoms with Crippen LogP contribution in [0, 0.1) is 24.0 Å². The summed E-state index contributed by atoms with van der Waals surface area (Å²) in [6.45, 7) is 16.1. The maximum Gasteiger partial charge on any atom is 0.269 e. The van der Waals surface area contributed by atoms with Gasteiger partial charge in [-0.05, 0) is 88.6 Å². The van der Waals surface area contributed by atoms with Gasteiger partial charge in [-0.3, -0.25) is 10.1 Å². The smallest absolute Gasteiger partial charge is 0.269 e. The third kappa shape index (κ3) is 4.32. The number of anilines is 1. The van der Waals surface area contributed by atoms with Gasteiger partial charge >= 0.3 is 0 Å². The molecule has 0 bridgehead atoms. The van der Waals surface area contributed by atoms with Crippen molar-refractivity contribution in [3.8, 4) is 28.0 Å². The predicted octanol–water partition coefficient (Wildman–Crippen LogP) is 7.77. The number of ether oxygens (including phenoxy) is 1. The second-order valence-electron chi connectivity index (χ2n) is 8.93. The van der Waals surface area contributed by atoms with Crippen molar-refractivity contribution in [3.05, 3.63) is 76.0 Å². The molecule has 0 unspecified atom stereocenters. The van der Waals surface area contributed by atoms with Gasteiger partial charge in [0.05, 0.1) is 11.5 Å². The van der Waals surface area contributed by atoms with Crippen molar-refractivity contribution in [3.63, 3.8) is 0 Å². The molecule has 188 valence electrons. The first-order valence-electron chi connectivity index (χ1n) is 12.7. The molecule has 6 heteroatoms. The number of rotatable bonds is 9. The molecule has 0 amide bonds. The van der Waals surface area contributed by atoms with Gasteiger partial charge in [0.2, 0.25) is 0 Å². The summed E-state index contributed by atoms with van der Waals surface area (Å²) < 4.78 is 8.59. The lowest BCUT2D eigenvalue weighted by molar-refractivity contribution is -0.384. The third-order valence-corrected chi connectivity index (χ3v) is 7.17. The van der Waals surface area contributed by atoms with Crippen LogP contribution in [0.1, 0.15) is 39.0 Å². The second kappa shape index (κ2) is 10.4. The highest BCUT2D eigenvalue weighted by molar-refractivity contribution is 6.07. The molecule has 0 aliphatic heterocycles. The van der Waals surface area contributed by atoms with Crippen LogP contribution in [0.25, 0.3) is 33.2 Å². The Morgan fingerprint density at radius 2 is 1.58 bits per heavy atom. The monoisotopic (exact) mass is 485 g/mol. The lowest BCUT2D eigenvalue weighted by Crippen LogP contribution is -2.21. The number of non-ortho nitro benzene ring substituents is 1. The van der Waals surface area contributed by atoms with Gasteiger partial charge in [0.25, 0.3) is 5.69 Å². The number of nitrogens with zero attached hydrogens (tertiary/aromatic N) is 3. The predicted molar refractivity (Wildman–Crippen MR) is 149 cm³/mol. The number of aromatic nitrogens is 1. The van der Waals surface area contributed by atoms with E-state index in [1.165, 1.54) is 22.2 Å². The van der Waals surface area contributed by atoms with Crippen molar-refractivity contribution in [2.24, 2.45) is 0 Å². The largest absolute Gasteiger partial charge is 0.493 e. The molecule has 0 spiro atoms. The molecule has 3 aromatic carbocycles. The van der Waals surface area contributed by atoms with Gasteiger partial charge in [0, 0.05) is 71.2 Å². The van der Waals surface area contributed by atoms with Crippen LogP contribution in [0.4, 0.5) is 11.4 Å². The van der Waals surface area contributed by atoms with Gasteiger partial charge in [-0.15, -0.1) is 0 Å². The molecular weight excluding hydrogens is 450 g/mol. The van der Waals surface area contributed by atoms with Crippen LogP contribution >= 0.6 is 0 Å². The van der Waals surface area contributed by atoms with E-state index in [1.807, 2.05) is 19.1 Å². The van der Waals surface area contributed by atoms with Crippen molar-refractivity contribution in [1.82, 2.24) is 4.57 Å². The van der Waals surface area contributed by atoms with Crippen LogP contribution in [-0.2, 0) is 6.54 Å². The van der Waals surface area contributed by atoms with Gasteiger partial charge in [-0.1, -0.05) is 6.07 Å². The van der Waals surface area contributed by atoms with Crippen LogP contribution in [0.15, 0.2) is 54.6 Å². The Bertz CT molecular complexity index is 1400. The molecule has 0 saturated heterocycles. The first-order chi connectivity index (χ1) is 17.4. The van der Waals surface area contributed by atoms with Crippen LogP contribution < -0.4 is 9.64 Å². The Balaban J connectivity index is 2.07. The summed E-state index contributed by atoms with van der Waals surface area (Å²) in [4.78, 5) is 13.2. The van der Waals surface area contributed by atoms with E-state index in [1.54, 1.807) is 12.1 Å². The topological polar surface area (TPSA) is 60.5 Å². The summed E-state index contributed by atoms with van der Waals surface area (Å²) in [5.41, 5.74) is 8.99. The highest BCUT2D eigenvalue weighted by atomic mass is 16.6. The number of hydrogen-bond donors (Lipinski definition) is 0. The Labute approximate surface area is 213 Å². The fourth-order valence-electron chi connectivity index (χ4n) is 5.23. The van der Waals surface area contributed by atoms with E-state index in [2.05, 4.69) is 74.4 Å². The Kier molecular flexibility index (Phi) is 7.34. The van der Waals surface area contributed by atoms with Crippen molar-refractivity contribution in [1.29, 1.82) is 0 Å². The minimum atomic E-state index is -0.359. The average Bonchev–Trinajstić information content (AvgIpc) is 3.14. The van der Waals surface area contributed by atoms with E-state index < -0.39 is 0 Å². The molecule has 36 heavy (non-hydrogen) atoms. The molecule has 0 radical (unpaired) electrons. The lowest BCUT2D eigenvalue weighted by Gasteiger charge is -2.23. The highest BCUT2D eigenvalue weighted by Crippen LogP contribution is 2.45. The zero-order chi connectivity index (χ0) is 26.0. The number of nitro groups is 1. The van der Waals surface area contributed by atoms with E-state index in [-0.39, 0.29) is 10.6 Å². The van der Waals surface area contributed by atoms with Gasteiger partial charge < -0.3 is 14.2 Å². The maximum absolute atomic E-state index is 11.3. The maximum atomic E-state index is 11.3.